The van der Waals surface area contributed by atoms with Crippen LogP contribution >= 0.6 is 11.6 Å². The first-order valence-electron chi connectivity index (χ1n) is 12.0. The first-order valence-corrected chi connectivity index (χ1v) is 12.3. The third-order valence-corrected chi connectivity index (χ3v) is 6.19. The molecule has 0 spiro atoms. The molecule has 0 unspecified atom stereocenters. The van der Waals surface area contributed by atoms with Gasteiger partial charge in [0.25, 0.3) is 0 Å². The van der Waals surface area contributed by atoms with E-state index in [9.17, 15) is 9.59 Å². The van der Waals surface area contributed by atoms with E-state index < -0.39 is 5.97 Å². The first-order chi connectivity index (χ1) is 18.5. The molecular formula is C32H23ClO5. The van der Waals surface area contributed by atoms with Gasteiger partial charge in [0, 0.05) is 16.0 Å². The van der Waals surface area contributed by atoms with Gasteiger partial charge < -0.3 is 13.9 Å². The Morgan fingerprint density at radius 3 is 2.32 bits per heavy atom. The van der Waals surface area contributed by atoms with Crippen LogP contribution in [0.3, 0.4) is 0 Å². The van der Waals surface area contributed by atoms with Crippen LogP contribution in [0.15, 0.2) is 108 Å². The van der Waals surface area contributed by atoms with Gasteiger partial charge in [-0.05, 0) is 78.7 Å². The van der Waals surface area contributed by atoms with E-state index in [-0.39, 0.29) is 5.78 Å². The lowest BCUT2D eigenvalue weighted by Gasteiger charge is -2.07. The van der Waals surface area contributed by atoms with Gasteiger partial charge in [0.15, 0.2) is 5.78 Å². The topological polar surface area (TPSA) is 65.7 Å². The number of carbonyl (C=O) groups is 2. The number of hydrogen-bond acceptors (Lipinski definition) is 5. The number of ether oxygens (including phenoxy) is 2. The van der Waals surface area contributed by atoms with Crippen LogP contribution in [0.1, 0.15) is 37.6 Å². The minimum absolute atomic E-state index is 0.133. The number of furan rings is 1. The normalized spacial score (nSPS) is 11.1. The molecule has 1 aromatic heterocycles. The molecule has 0 fully saturated rings. The molecule has 6 heteroatoms. The third kappa shape index (κ3) is 5.85. The van der Waals surface area contributed by atoms with Gasteiger partial charge >= 0.3 is 5.97 Å². The number of fused-ring (bicyclic) bond motifs is 1. The zero-order chi connectivity index (χ0) is 26.5. The van der Waals surface area contributed by atoms with Crippen LogP contribution in [0.25, 0.3) is 17.0 Å². The number of aryl methyl sites for hydroxylation is 1. The summed E-state index contributed by atoms with van der Waals surface area (Å²) < 4.78 is 17.3. The zero-order valence-corrected chi connectivity index (χ0v) is 21.3. The molecule has 5 aromatic rings. The Kier molecular flexibility index (Phi) is 7.38. The van der Waals surface area contributed by atoms with E-state index in [0.29, 0.717) is 51.0 Å². The Balaban J connectivity index is 1.27. The molecule has 0 aliphatic heterocycles. The zero-order valence-electron chi connectivity index (χ0n) is 20.5. The molecule has 0 amide bonds. The molecule has 0 aliphatic carbocycles. The van der Waals surface area contributed by atoms with Crippen molar-refractivity contribution in [3.8, 4) is 11.5 Å². The van der Waals surface area contributed by atoms with Crippen molar-refractivity contribution < 1.29 is 23.5 Å². The Morgan fingerprint density at radius 1 is 0.868 bits per heavy atom. The highest BCUT2D eigenvalue weighted by atomic mass is 35.5. The van der Waals surface area contributed by atoms with Crippen molar-refractivity contribution in [3.63, 3.8) is 0 Å². The van der Waals surface area contributed by atoms with Crippen molar-refractivity contribution in [1.29, 1.82) is 0 Å². The molecule has 4 aromatic carbocycles. The maximum absolute atomic E-state index is 13.1. The average Bonchev–Trinajstić information content (AvgIpc) is 3.27. The maximum Gasteiger partial charge on any atom is 0.347 e. The molecule has 0 radical (unpaired) electrons. The fourth-order valence-electron chi connectivity index (χ4n) is 3.97. The third-order valence-electron chi connectivity index (χ3n) is 5.93. The number of carbonyl (C=O) groups excluding carboxylic acids is 2. The van der Waals surface area contributed by atoms with Crippen LogP contribution in [0.4, 0.5) is 0 Å². The second-order valence-electron chi connectivity index (χ2n) is 8.63. The monoisotopic (exact) mass is 522 g/mol. The highest BCUT2D eigenvalue weighted by molar-refractivity contribution is 6.30. The summed E-state index contributed by atoms with van der Waals surface area (Å²) >= 11 is 5.87. The molecule has 188 valence electrons. The summed E-state index contributed by atoms with van der Waals surface area (Å²) in [5.41, 5.74) is 3.31. The van der Waals surface area contributed by atoms with Crippen molar-refractivity contribution in [2.24, 2.45) is 0 Å². The van der Waals surface area contributed by atoms with Crippen LogP contribution in [0.5, 0.6) is 11.5 Å². The number of hydrogen-bond donors (Lipinski definition) is 0. The summed E-state index contributed by atoms with van der Waals surface area (Å²) in [6, 6.07) is 28.8. The molecule has 5 rings (SSSR count). The predicted molar refractivity (Wildman–Crippen MR) is 148 cm³/mol. The highest BCUT2D eigenvalue weighted by Crippen LogP contribution is 2.30. The van der Waals surface area contributed by atoms with Crippen molar-refractivity contribution in [2.75, 3.05) is 0 Å². The van der Waals surface area contributed by atoms with Crippen LogP contribution < -0.4 is 9.47 Å². The summed E-state index contributed by atoms with van der Waals surface area (Å²) in [6.45, 7) is 2.14. The number of ketones is 1. The lowest BCUT2D eigenvalue weighted by Crippen LogP contribution is -2.09. The number of esters is 1. The van der Waals surface area contributed by atoms with Crippen molar-refractivity contribution in [3.05, 3.63) is 136 Å². The maximum atomic E-state index is 13.1. The molecule has 0 atom stereocenters. The second kappa shape index (κ2) is 11.2. The number of rotatable bonds is 8. The molecule has 0 N–H and O–H groups in total. The van der Waals surface area contributed by atoms with E-state index in [0.717, 1.165) is 11.1 Å². The molecule has 0 bridgehead atoms. The van der Waals surface area contributed by atoms with E-state index in [1.165, 1.54) is 6.08 Å². The van der Waals surface area contributed by atoms with Crippen molar-refractivity contribution in [2.45, 2.75) is 13.5 Å². The smallest absolute Gasteiger partial charge is 0.347 e. The van der Waals surface area contributed by atoms with Crippen LogP contribution in [-0.4, -0.2) is 11.8 Å². The molecule has 38 heavy (non-hydrogen) atoms. The Labute approximate surface area is 224 Å². The van der Waals surface area contributed by atoms with Crippen LogP contribution in [-0.2, 0) is 6.61 Å². The molecular weight excluding hydrogens is 500 g/mol. The van der Waals surface area contributed by atoms with Crippen molar-refractivity contribution in [1.82, 2.24) is 0 Å². The lowest BCUT2D eigenvalue weighted by atomic mass is 10.1. The summed E-state index contributed by atoms with van der Waals surface area (Å²) in [5, 5.41) is 1.20. The van der Waals surface area contributed by atoms with E-state index in [1.807, 2.05) is 36.4 Å². The van der Waals surface area contributed by atoms with Gasteiger partial charge in [-0.15, -0.1) is 0 Å². The first kappa shape index (κ1) is 25.1. The number of halogens is 1. The lowest BCUT2D eigenvalue weighted by molar-refractivity contribution is 0.0734. The fourth-order valence-corrected chi connectivity index (χ4v) is 4.10. The molecule has 0 saturated heterocycles. The largest absolute Gasteiger partial charge is 0.489 e. The van der Waals surface area contributed by atoms with E-state index in [2.05, 4.69) is 0 Å². The van der Waals surface area contributed by atoms with Gasteiger partial charge in [-0.3, -0.25) is 4.79 Å². The summed E-state index contributed by atoms with van der Waals surface area (Å²) in [5.74, 6) is 0.807. The summed E-state index contributed by atoms with van der Waals surface area (Å²) in [6.07, 6.45) is 3.19. The van der Waals surface area contributed by atoms with Gasteiger partial charge in [-0.2, -0.15) is 0 Å². The highest BCUT2D eigenvalue weighted by Gasteiger charge is 2.21. The van der Waals surface area contributed by atoms with Gasteiger partial charge in [-0.25, -0.2) is 4.79 Å². The molecule has 1 heterocycles. The standard InChI is InChI=1S/C32H23ClO5/c1-21-31(28-19-27(16-18-30(28)37-21)36-20-23-5-3-2-4-6-23)32(35)38-26-14-7-22(8-15-26)9-17-29(34)24-10-12-25(33)13-11-24/h2-19H,20H2,1H3. The SMILES string of the molecule is Cc1oc2ccc(OCc3ccccc3)cc2c1C(=O)Oc1ccc(C=CC(=O)c2ccc(Cl)cc2)cc1. The van der Waals surface area contributed by atoms with Crippen LogP contribution in [0, 0.1) is 6.92 Å². The predicted octanol–water partition coefficient (Wildman–Crippen LogP) is 8.09. The van der Waals surface area contributed by atoms with E-state index in [4.69, 9.17) is 25.5 Å². The quantitative estimate of drug-likeness (QED) is 0.0891. The average molecular weight is 523 g/mol. The van der Waals surface area contributed by atoms with Gasteiger partial charge in [0.1, 0.15) is 35.0 Å². The Morgan fingerprint density at radius 2 is 1.58 bits per heavy atom. The van der Waals surface area contributed by atoms with Crippen molar-refractivity contribution >= 4 is 40.4 Å². The summed E-state index contributed by atoms with van der Waals surface area (Å²) in [7, 11) is 0. The minimum Gasteiger partial charge on any atom is -0.489 e. The van der Waals surface area contributed by atoms with E-state index in [1.54, 1.807) is 73.7 Å². The van der Waals surface area contributed by atoms with Crippen LogP contribution in [0.2, 0.25) is 5.02 Å². The van der Waals surface area contributed by atoms with E-state index >= 15 is 0 Å². The Bertz CT molecular complexity index is 1620. The second-order valence-corrected chi connectivity index (χ2v) is 9.06. The van der Waals surface area contributed by atoms with Gasteiger partial charge in [0.05, 0.1) is 0 Å². The minimum atomic E-state index is -0.525. The molecule has 0 saturated carbocycles. The molecule has 0 aliphatic rings. The molecule has 5 nitrogen and oxygen atoms in total. The summed E-state index contributed by atoms with van der Waals surface area (Å²) in [4.78, 5) is 25.4. The van der Waals surface area contributed by atoms with Gasteiger partial charge in [-0.1, -0.05) is 60.1 Å². The number of benzene rings is 4. The van der Waals surface area contributed by atoms with Gasteiger partial charge in [0.2, 0.25) is 0 Å². The number of allylic oxidation sites excluding steroid dienone is 1. The Hall–Kier alpha value is -4.61. The fraction of sp³-hybridized carbons (Fsp3) is 0.0625.